The summed E-state index contributed by atoms with van der Waals surface area (Å²) in [6, 6.07) is 10.2. The predicted molar refractivity (Wildman–Crippen MR) is 65.9 cm³/mol. The summed E-state index contributed by atoms with van der Waals surface area (Å²) >= 11 is 0. The zero-order valence-corrected chi connectivity index (χ0v) is 10.3. The van der Waals surface area contributed by atoms with Gasteiger partial charge in [-0.3, -0.25) is 0 Å². The molecule has 0 aromatic heterocycles. The second-order valence-corrected chi connectivity index (χ2v) is 4.41. The molecule has 0 spiro atoms. The highest BCUT2D eigenvalue weighted by Gasteiger charge is 2.24. The first-order chi connectivity index (χ1) is 8.34. The Kier molecular flexibility index (Phi) is 4.98. The standard InChI is InChI=1S/C14H20O3/c1-12(9-14-11-17-14)16-8-7-15-10-13-5-3-2-4-6-13/h2-6,12,14H,7-11H2,1H3. The lowest BCUT2D eigenvalue weighted by molar-refractivity contribution is 0.00214. The van der Waals surface area contributed by atoms with Gasteiger partial charge in [-0.1, -0.05) is 30.3 Å². The fourth-order valence-corrected chi connectivity index (χ4v) is 1.71. The Morgan fingerprint density at radius 1 is 1.29 bits per heavy atom. The summed E-state index contributed by atoms with van der Waals surface area (Å²) in [5.41, 5.74) is 1.20. The van der Waals surface area contributed by atoms with E-state index in [-0.39, 0.29) is 6.10 Å². The number of benzene rings is 1. The van der Waals surface area contributed by atoms with Gasteiger partial charge in [-0.25, -0.2) is 0 Å². The maximum atomic E-state index is 5.63. The first-order valence-corrected chi connectivity index (χ1v) is 6.19. The van der Waals surface area contributed by atoms with Crippen LogP contribution in [0.2, 0.25) is 0 Å². The van der Waals surface area contributed by atoms with Gasteiger partial charge >= 0.3 is 0 Å². The molecule has 94 valence electrons. The average Bonchev–Trinajstić information content (AvgIpc) is 3.14. The lowest BCUT2D eigenvalue weighted by Gasteiger charge is -2.11. The summed E-state index contributed by atoms with van der Waals surface area (Å²) in [5.74, 6) is 0. The van der Waals surface area contributed by atoms with Crippen molar-refractivity contribution >= 4 is 0 Å². The Morgan fingerprint density at radius 3 is 2.76 bits per heavy atom. The van der Waals surface area contributed by atoms with Crippen molar-refractivity contribution in [1.29, 1.82) is 0 Å². The van der Waals surface area contributed by atoms with E-state index in [1.54, 1.807) is 0 Å². The van der Waals surface area contributed by atoms with Crippen LogP contribution >= 0.6 is 0 Å². The molecule has 1 saturated heterocycles. The summed E-state index contributed by atoms with van der Waals surface area (Å²) in [4.78, 5) is 0. The van der Waals surface area contributed by atoms with Gasteiger partial charge in [0, 0.05) is 6.42 Å². The van der Waals surface area contributed by atoms with E-state index in [4.69, 9.17) is 14.2 Å². The highest BCUT2D eigenvalue weighted by Crippen LogP contribution is 2.16. The predicted octanol–water partition coefficient (Wildman–Crippen LogP) is 2.40. The maximum absolute atomic E-state index is 5.63. The van der Waals surface area contributed by atoms with Gasteiger partial charge in [-0.2, -0.15) is 0 Å². The van der Waals surface area contributed by atoms with Crippen molar-refractivity contribution in [2.45, 2.75) is 32.2 Å². The van der Waals surface area contributed by atoms with Gasteiger partial charge in [0.1, 0.15) is 0 Å². The topological polar surface area (TPSA) is 31.0 Å². The van der Waals surface area contributed by atoms with Crippen LogP contribution in [0.15, 0.2) is 30.3 Å². The molecule has 0 aliphatic carbocycles. The normalized spacial score (nSPS) is 20.2. The zero-order chi connectivity index (χ0) is 11.9. The van der Waals surface area contributed by atoms with Crippen molar-refractivity contribution in [2.75, 3.05) is 19.8 Å². The van der Waals surface area contributed by atoms with Crippen LogP contribution in [0.3, 0.4) is 0 Å². The van der Waals surface area contributed by atoms with Crippen molar-refractivity contribution in [3.05, 3.63) is 35.9 Å². The van der Waals surface area contributed by atoms with Gasteiger partial charge in [0.25, 0.3) is 0 Å². The van der Waals surface area contributed by atoms with E-state index in [1.807, 2.05) is 18.2 Å². The summed E-state index contributed by atoms with van der Waals surface area (Å²) < 4.78 is 16.3. The third-order valence-electron chi connectivity index (χ3n) is 2.74. The van der Waals surface area contributed by atoms with Crippen molar-refractivity contribution in [3.63, 3.8) is 0 Å². The molecule has 1 aromatic rings. The van der Waals surface area contributed by atoms with Gasteiger partial charge in [-0.15, -0.1) is 0 Å². The van der Waals surface area contributed by atoms with Gasteiger partial charge in [0.05, 0.1) is 38.6 Å². The molecule has 1 fully saturated rings. The molecule has 0 saturated carbocycles. The van der Waals surface area contributed by atoms with Crippen molar-refractivity contribution in [2.24, 2.45) is 0 Å². The Labute approximate surface area is 103 Å². The van der Waals surface area contributed by atoms with E-state index in [2.05, 4.69) is 19.1 Å². The van der Waals surface area contributed by atoms with Gasteiger partial charge in [0.15, 0.2) is 0 Å². The first-order valence-electron chi connectivity index (χ1n) is 6.19. The Balaban J connectivity index is 1.48. The first kappa shape index (κ1) is 12.6. The van der Waals surface area contributed by atoms with E-state index in [1.165, 1.54) is 5.56 Å². The van der Waals surface area contributed by atoms with Gasteiger partial charge in [0.2, 0.25) is 0 Å². The molecule has 1 aliphatic heterocycles. The minimum Gasteiger partial charge on any atom is -0.376 e. The Hall–Kier alpha value is -0.900. The van der Waals surface area contributed by atoms with Crippen molar-refractivity contribution in [3.8, 4) is 0 Å². The maximum Gasteiger partial charge on any atom is 0.0834 e. The SMILES string of the molecule is CC(CC1CO1)OCCOCc1ccccc1. The van der Waals surface area contributed by atoms with Crippen molar-refractivity contribution < 1.29 is 14.2 Å². The van der Waals surface area contributed by atoms with Crippen LogP contribution in [0, 0.1) is 0 Å². The Bertz CT molecular complexity index is 309. The summed E-state index contributed by atoms with van der Waals surface area (Å²) in [7, 11) is 0. The molecule has 2 rings (SSSR count). The van der Waals surface area contributed by atoms with Crippen LogP contribution in [0.1, 0.15) is 18.9 Å². The molecular formula is C14H20O3. The smallest absolute Gasteiger partial charge is 0.0834 e. The highest BCUT2D eigenvalue weighted by atomic mass is 16.6. The second kappa shape index (κ2) is 6.74. The molecule has 1 heterocycles. The van der Waals surface area contributed by atoms with Crippen LogP contribution in [0.5, 0.6) is 0 Å². The lowest BCUT2D eigenvalue weighted by Crippen LogP contribution is -2.14. The molecule has 2 unspecified atom stereocenters. The average molecular weight is 236 g/mol. The van der Waals surface area contributed by atoms with E-state index in [0.717, 1.165) is 13.0 Å². The molecule has 3 nitrogen and oxygen atoms in total. The fourth-order valence-electron chi connectivity index (χ4n) is 1.71. The van der Waals surface area contributed by atoms with Crippen LogP contribution in [-0.4, -0.2) is 32.0 Å². The van der Waals surface area contributed by atoms with Gasteiger partial charge < -0.3 is 14.2 Å². The van der Waals surface area contributed by atoms with Crippen LogP contribution in [-0.2, 0) is 20.8 Å². The molecule has 0 N–H and O–H groups in total. The fraction of sp³-hybridized carbons (Fsp3) is 0.571. The van der Waals surface area contributed by atoms with Crippen molar-refractivity contribution in [1.82, 2.24) is 0 Å². The summed E-state index contributed by atoms with van der Waals surface area (Å²) in [5, 5.41) is 0. The molecule has 0 radical (unpaired) electrons. The Morgan fingerprint density at radius 2 is 2.06 bits per heavy atom. The van der Waals surface area contributed by atoms with E-state index >= 15 is 0 Å². The minimum absolute atomic E-state index is 0.267. The van der Waals surface area contributed by atoms with Gasteiger partial charge in [-0.05, 0) is 12.5 Å². The lowest BCUT2D eigenvalue weighted by atomic mass is 10.2. The van der Waals surface area contributed by atoms with E-state index in [0.29, 0.717) is 25.9 Å². The number of hydrogen-bond acceptors (Lipinski definition) is 3. The molecule has 0 bridgehead atoms. The largest absolute Gasteiger partial charge is 0.376 e. The number of hydrogen-bond donors (Lipinski definition) is 0. The zero-order valence-electron chi connectivity index (χ0n) is 10.3. The van der Waals surface area contributed by atoms with E-state index < -0.39 is 0 Å². The molecule has 3 heteroatoms. The summed E-state index contributed by atoms with van der Waals surface area (Å²) in [6.07, 6.45) is 1.71. The second-order valence-electron chi connectivity index (χ2n) is 4.41. The third kappa shape index (κ3) is 5.31. The molecule has 17 heavy (non-hydrogen) atoms. The number of rotatable bonds is 8. The molecule has 1 aromatic carbocycles. The number of epoxide rings is 1. The minimum atomic E-state index is 0.267. The quantitative estimate of drug-likeness (QED) is 0.513. The molecule has 0 amide bonds. The monoisotopic (exact) mass is 236 g/mol. The summed E-state index contributed by atoms with van der Waals surface area (Å²) in [6.45, 7) is 4.94. The van der Waals surface area contributed by atoms with Crippen LogP contribution in [0.25, 0.3) is 0 Å². The molecular weight excluding hydrogens is 216 g/mol. The van der Waals surface area contributed by atoms with Crippen LogP contribution < -0.4 is 0 Å². The molecule has 2 atom stereocenters. The molecule has 1 aliphatic rings. The van der Waals surface area contributed by atoms with Crippen LogP contribution in [0.4, 0.5) is 0 Å². The number of ether oxygens (including phenoxy) is 3. The highest BCUT2D eigenvalue weighted by molar-refractivity contribution is 5.13. The third-order valence-corrected chi connectivity index (χ3v) is 2.74. The van der Waals surface area contributed by atoms with E-state index in [9.17, 15) is 0 Å².